The van der Waals surface area contributed by atoms with Crippen molar-refractivity contribution in [2.45, 2.75) is 71.4 Å². The minimum Gasteiger partial charge on any atom is -0.490 e. The second-order valence-electron chi connectivity index (χ2n) is 12.7. The van der Waals surface area contributed by atoms with Crippen molar-refractivity contribution >= 4 is 23.5 Å². The monoisotopic (exact) mass is 588 g/mol. The van der Waals surface area contributed by atoms with Gasteiger partial charge in [0.2, 0.25) is 17.8 Å². The van der Waals surface area contributed by atoms with Gasteiger partial charge in [0, 0.05) is 57.3 Å². The quantitative estimate of drug-likeness (QED) is 0.332. The molecule has 2 saturated heterocycles. The van der Waals surface area contributed by atoms with E-state index in [-0.39, 0.29) is 12.0 Å². The summed E-state index contributed by atoms with van der Waals surface area (Å²) >= 11 is 0. The molecular formula is C33H48N8O2. The summed E-state index contributed by atoms with van der Waals surface area (Å²) in [5.41, 5.74) is 3.10. The Kier molecular flexibility index (Phi) is 10.2. The van der Waals surface area contributed by atoms with Gasteiger partial charge in [-0.05, 0) is 69.3 Å². The van der Waals surface area contributed by atoms with Crippen LogP contribution in [0.1, 0.15) is 69.9 Å². The number of piperidine rings is 1. The van der Waals surface area contributed by atoms with Gasteiger partial charge in [0.05, 0.1) is 6.20 Å². The zero-order valence-corrected chi connectivity index (χ0v) is 26.5. The lowest BCUT2D eigenvalue weighted by Crippen LogP contribution is -2.34. The first-order valence-electron chi connectivity index (χ1n) is 15.9. The molecule has 10 nitrogen and oxygen atoms in total. The molecule has 0 bridgehead atoms. The van der Waals surface area contributed by atoms with Crippen molar-refractivity contribution in [3.8, 4) is 5.75 Å². The van der Waals surface area contributed by atoms with Crippen molar-refractivity contribution in [3.63, 3.8) is 0 Å². The summed E-state index contributed by atoms with van der Waals surface area (Å²) in [5.74, 6) is 3.47. The highest BCUT2D eigenvalue weighted by Gasteiger charge is 2.23. The fraction of sp³-hybridized carbons (Fsp3) is 0.576. The molecule has 1 atom stereocenters. The zero-order valence-electron chi connectivity index (χ0n) is 26.5. The molecule has 0 aliphatic carbocycles. The molecule has 0 radical (unpaired) electrons. The van der Waals surface area contributed by atoms with E-state index in [0.717, 1.165) is 92.7 Å². The van der Waals surface area contributed by atoms with E-state index in [9.17, 15) is 4.79 Å². The minimum atomic E-state index is 0.0848. The van der Waals surface area contributed by atoms with E-state index in [0.29, 0.717) is 25.0 Å². The van der Waals surface area contributed by atoms with Gasteiger partial charge < -0.3 is 24.8 Å². The summed E-state index contributed by atoms with van der Waals surface area (Å²) in [6.45, 7) is 11.4. The molecule has 1 aromatic carbocycles. The molecule has 2 aliphatic heterocycles. The van der Waals surface area contributed by atoms with Crippen LogP contribution in [0.15, 0.2) is 42.6 Å². The largest absolute Gasteiger partial charge is 0.490 e. The predicted octanol–water partition coefficient (Wildman–Crippen LogP) is 4.97. The van der Waals surface area contributed by atoms with E-state index in [2.05, 4.69) is 48.2 Å². The average molecular weight is 589 g/mol. The van der Waals surface area contributed by atoms with Crippen molar-refractivity contribution in [2.75, 3.05) is 57.0 Å². The smallest absolute Gasteiger partial charge is 0.246 e. The second-order valence-corrected chi connectivity index (χ2v) is 12.7. The molecule has 232 valence electrons. The minimum absolute atomic E-state index is 0.0848. The Hall–Kier alpha value is -3.66. The number of likely N-dealkylation sites (N-methyl/N-ethyl adjacent to an activating group) is 1. The van der Waals surface area contributed by atoms with Crippen LogP contribution < -0.4 is 15.0 Å². The summed E-state index contributed by atoms with van der Waals surface area (Å²) < 4.78 is 8.27. The maximum Gasteiger partial charge on any atom is 0.246 e. The molecule has 2 aromatic heterocycles. The number of benzene rings is 1. The molecule has 1 amide bonds. The van der Waals surface area contributed by atoms with Crippen LogP contribution in [0, 0.1) is 5.92 Å². The molecule has 2 aliphatic rings. The number of hydrogen-bond donors (Lipinski definition) is 1. The Labute approximate surface area is 256 Å². The third-order valence-corrected chi connectivity index (χ3v) is 8.44. The highest BCUT2D eigenvalue weighted by molar-refractivity contribution is 5.87. The maximum atomic E-state index is 12.6. The van der Waals surface area contributed by atoms with E-state index in [1.165, 1.54) is 0 Å². The first kappa shape index (κ1) is 30.8. The number of carbonyl (C=O) groups is 1. The van der Waals surface area contributed by atoms with Crippen LogP contribution in [0.4, 0.5) is 11.9 Å². The summed E-state index contributed by atoms with van der Waals surface area (Å²) in [6.07, 6.45) is 10.6. The molecule has 0 saturated carbocycles. The van der Waals surface area contributed by atoms with E-state index >= 15 is 0 Å². The normalized spacial score (nSPS) is 18.6. The van der Waals surface area contributed by atoms with E-state index in [1.807, 2.05) is 52.8 Å². The molecule has 43 heavy (non-hydrogen) atoms. The Morgan fingerprint density at radius 2 is 1.93 bits per heavy atom. The van der Waals surface area contributed by atoms with E-state index < -0.39 is 0 Å². The fourth-order valence-electron chi connectivity index (χ4n) is 5.73. The highest BCUT2D eigenvalue weighted by atomic mass is 16.5. The number of nitrogens with zero attached hydrogens (tertiary/aromatic N) is 7. The number of fused-ring (bicyclic) bond motifs is 1. The second kappa shape index (κ2) is 14.2. The first-order valence-corrected chi connectivity index (χ1v) is 15.9. The van der Waals surface area contributed by atoms with Crippen LogP contribution in [-0.2, 0) is 11.3 Å². The van der Waals surface area contributed by atoms with Gasteiger partial charge in [0.25, 0.3) is 0 Å². The lowest BCUT2D eigenvalue weighted by Gasteiger charge is -2.30. The highest BCUT2D eigenvalue weighted by Crippen LogP contribution is 2.27. The summed E-state index contributed by atoms with van der Waals surface area (Å²) in [4.78, 5) is 28.8. The van der Waals surface area contributed by atoms with Crippen molar-refractivity contribution in [1.82, 2.24) is 29.4 Å². The molecule has 4 heterocycles. The number of ether oxygens (including phenoxy) is 1. The average Bonchev–Trinajstić information content (AvgIpc) is 3.29. The number of aromatic nitrogens is 4. The van der Waals surface area contributed by atoms with Gasteiger partial charge in [-0.2, -0.15) is 19.6 Å². The molecule has 2 fully saturated rings. The van der Waals surface area contributed by atoms with Gasteiger partial charge in [-0.15, -0.1) is 0 Å². The van der Waals surface area contributed by atoms with Crippen LogP contribution >= 0.6 is 0 Å². The molecule has 3 aromatic rings. The Bertz CT molecular complexity index is 1390. The molecule has 0 spiro atoms. The molecular weight excluding hydrogens is 540 g/mol. The van der Waals surface area contributed by atoms with E-state index in [1.54, 1.807) is 6.08 Å². The number of hydrogen-bond acceptors (Lipinski definition) is 8. The van der Waals surface area contributed by atoms with Gasteiger partial charge in [0.1, 0.15) is 11.9 Å². The van der Waals surface area contributed by atoms with Crippen molar-refractivity contribution < 1.29 is 9.53 Å². The third kappa shape index (κ3) is 8.04. The maximum absolute atomic E-state index is 12.6. The number of amides is 1. The van der Waals surface area contributed by atoms with Gasteiger partial charge in [-0.1, -0.05) is 39.0 Å². The van der Waals surface area contributed by atoms with Crippen molar-refractivity contribution in [3.05, 3.63) is 53.7 Å². The number of likely N-dealkylation sites (tertiary alicyclic amines) is 1. The van der Waals surface area contributed by atoms with Crippen LogP contribution in [0.2, 0.25) is 0 Å². The van der Waals surface area contributed by atoms with Crippen LogP contribution in [0.3, 0.4) is 0 Å². The Balaban J connectivity index is 1.24. The zero-order chi connectivity index (χ0) is 30.3. The molecule has 5 rings (SSSR count). The number of nitrogens with one attached hydrogen (secondary N) is 1. The van der Waals surface area contributed by atoms with Gasteiger partial charge in [0.15, 0.2) is 5.65 Å². The van der Waals surface area contributed by atoms with Crippen molar-refractivity contribution in [1.29, 1.82) is 0 Å². The fourth-order valence-corrected chi connectivity index (χ4v) is 5.73. The SMILES string of the molecule is CC1CCN(c2nc(NCc3cccc(OC4CCCN(C(=O)/C=C/CN(C)C)CC4)c3)n3ncc(C(C)C)c3n2)CC1. The molecule has 10 heteroatoms. The lowest BCUT2D eigenvalue weighted by atomic mass is 10.00. The van der Waals surface area contributed by atoms with Crippen LogP contribution in [0.5, 0.6) is 5.75 Å². The van der Waals surface area contributed by atoms with Gasteiger partial charge in [-0.3, -0.25) is 4.79 Å². The standard InChI is InChI=1S/C33H48N8O2/c1-24(2)29-23-35-41-31(29)36-33(40-18-13-25(3)14-19-40)37-32(41)34-22-26-9-6-10-28(21-26)43-27-11-7-17-39(20-15-27)30(42)12-8-16-38(4)5/h6,8-10,12,21,23-25,27H,7,11,13-20,22H2,1-5H3,(H,34,36,37)/b12-8+. The Morgan fingerprint density at radius 1 is 1.12 bits per heavy atom. The Morgan fingerprint density at radius 3 is 2.70 bits per heavy atom. The van der Waals surface area contributed by atoms with Crippen LogP contribution in [0.25, 0.3) is 5.65 Å². The third-order valence-electron chi connectivity index (χ3n) is 8.44. The van der Waals surface area contributed by atoms with E-state index in [4.69, 9.17) is 14.7 Å². The lowest BCUT2D eigenvalue weighted by molar-refractivity contribution is -0.126. The number of anilines is 2. The van der Waals surface area contributed by atoms with Gasteiger partial charge >= 0.3 is 0 Å². The molecule has 1 N–H and O–H groups in total. The topological polar surface area (TPSA) is 91.1 Å². The molecule has 1 unspecified atom stereocenters. The predicted molar refractivity (Wildman–Crippen MR) is 172 cm³/mol. The van der Waals surface area contributed by atoms with Gasteiger partial charge in [-0.25, -0.2) is 0 Å². The summed E-state index contributed by atoms with van der Waals surface area (Å²) in [5, 5.41) is 8.19. The first-order chi connectivity index (χ1) is 20.8. The number of rotatable bonds is 10. The van der Waals surface area contributed by atoms with Crippen LogP contribution in [-0.4, -0.2) is 88.2 Å². The summed E-state index contributed by atoms with van der Waals surface area (Å²) in [6, 6.07) is 8.25. The van der Waals surface area contributed by atoms with Crippen molar-refractivity contribution in [2.24, 2.45) is 5.92 Å². The number of carbonyl (C=O) groups excluding carboxylic acids is 1. The summed E-state index contributed by atoms with van der Waals surface area (Å²) in [7, 11) is 3.99.